The second-order valence-electron chi connectivity index (χ2n) is 20.5. The average Bonchev–Trinajstić information content (AvgIpc) is 3.46. The Morgan fingerprint density at radius 1 is 0.263 bits per heavy atom. The van der Waals surface area contributed by atoms with Crippen molar-refractivity contribution in [3.05, 3.63) is 170 Å². The van der Waals surface area contributed by atoms with Crippen molar-refractivity contribution < 1.29 is 28.6 Å². The smallest absolute Gasteiger partial charge is 0.306 e. The molecule has 0 aliphatic carbocycles. The van der Waals surface area contributed by atoms with E-state index < -0.39 is 6.10 Å². The minimum absolute atomic E-state index is 0.119. The van der Waals surface area contributed by atoms with E-state index in [1.54, 1.807) is 0 Å². The Balaban J connectivity index is 4.46. The molecule has 0 aromatic carbocycles. The van der Waals surface area contributed by atoms with Gasteiger partial charge in [0, 0.05) is 19.3 Å². The van der Waals surface area contributed by atoms with Crippen LogP contribution in [0.2, 0.25) is 0 Å². The molecule has 448 valence electrons. The fourth-order valence-corrected chi connectivity index (χ4v) is 8.18. The molecule has 0 saturated carbocycles. The maximum atomic E-state index is 12.9. The molecule has 0 spiro atoms. The Morgan fingerprint density at radius 2 is 0.487 bits per heavy atom. The zero-order valence-corrected chi connectivity index (χ0v) is 51.3. The predicted molar refractivity (Wildman–Crippen MR) is 348 cm³/mol. The summed E-state index contributed by atoms with van der Waals surface area (Å²) in [4.78, 5) is 38.3. The molecular weight excluding hydrogens is 985 g/mol. The first-order valence-corrected chi connectivity index (χ1v) is 32.1. The predicted octanol–water partition coefficient (Wildman–Crippen LogP) is 22.3. The minimum Gasteiger partial charge on any atom is -0.462 e. The molecule has 0 heterocycles. The van der Waals surface area contributed by atoms with Gasteiger partial charge in [-0.1, -0.05) is 255 Å². The van der Waals surface area contributed by atoms with Crippen molar-refractivity contribution in [1.29, 1.82) is 0 Å². The highest BCUT2D eigenvalue weighted by Crippen LogP contribution is 2.13. The number of carbonyl (C=O) groups excluding carboxylic acids is 3. The third-order valence-corrected chi connectivity index (χ3v) is 12.9. The van der Waals surface area contributed by atoms with Gasteiger partial charge in [0.05, 0.1) is 0 Å². The van der Waals surface area contributed by atoms with Gasteiger partial charge < -0.3 is 14.2 Å². The van der Waals surface area contributed by atoms with Crippen molar-refractivity contribution in [2.45, 2.75) is 264 Å². The molecule has 0 aliphatic rings. The summed E-state index contributed by atoms with van der Waals surface area (Å²) < 4.78 is 16.8. The van der Waals surface area contributed by atoms with Crippen molar-refractivity contribution in [1.82, 2.24) is 0 Å². The molecule has 0 aliphatic heterocycles. The molecule has 0 bridgehead atoms. The first-order chi connectivity index (χ1) is 39.5. The third-order valence-electron chi connectivity index (χ3n) is 12.9. The lowest BCUT2D eigenvalue weighted by Gasteiger charge is -2.18. The van der Waals surface area contributed by atoms with Crippen molar-refractivity contribution in [3.63, 3.8) is 0 Å². The van der Waals surface area contributed by atoms with Gasteiger partial charge in [0.15, 0.2) is 6.10 Å². The number of esters is 3. The highest BCUT2D eigenvalue weighted by Gasteiger charge is 2.19. The normalized spacial score (nSPS) is 13.3. The molecule has 6 nitrogen and oxygen atoms in total. The van der Waals surface area contributed by atoms with E-state index in [0.29, 0.717) is 25.7 Å². The van der Waals surface area contributed by atoms with E-state index in [0.717, 1.165) is 154 Å². The van der Waals surface area contributed by atoms with E-state index >= 15 is 0 Å². The van der Waals surface area contributed by atoms with Crippen molar-refractivity contribution in [2.75, 3.05) is 13.2 Å². The van der Waals surface area contributed by atoms with E-state index in [1.807, 2.05) is 0 Å². The van der Waals surface area contributed by atoms with E-state index in [2.05, 4.69) is 191 Å². The monoisotopic (exact) mass is 1100 g/mol. The van der Waals surface area contributed by atoms with E-state index in [4.69, 9.17) is 14.2 Å². The van der Waals surface area contributed by atoms with Crippen molar-refractivity contribution >= 4 is 17.9 Å². The first-order valence-electron chi connectivity index (χ1n) is 32.1. The van der Waals surface area contributed by atoms with Crippen LogP contribution in [0.4, 0.5) is 0 Å². The third kappa shape index (κ3) is 63.6. The number of rotatable bonds is 56. The summed E-state index contributed by atoms with van der Waals surface area (Å²) in [5, 5.41) is 0. The van der Waals surface area contributed by atoms with Crippen LogP contribution >= 0.6 is 0 Å². The maximum absolute atomic E-state index is 12.9. The minimum atomic E-state index is -0.823. The summed E-state index contributed by atoms with van der Waals surface area (Å²) in [6.45, 7) is 6.33. The highest BCUT2D eigenvalue weighted by molar-refractivity contribution is 5.71. The number of ether oxygens (including phenoxy) is 3. The number of carbonyl (C=O) groups is 3. The molecule has 0 aromatic heterocycles. The second-order valence-corrected chi connectivity index (χ2v) is 20.5. The number of allylic oxidation sites excluding steroid dienone is 28. The summed E-state index contributed by atoms with van der Waals surface area (Å²) in [7, 11) is 0. The molecule has 1 unspecified atom stereocenters. The Bertz CT molecular complexity index is 1840. The fourth-order valence-electron chi connectivity index (χ4n) is 8.18. The van der Waals surface area contributed by atoms with Crippen LogP contribution in [0.1, 0.15) is 258 Å². The van der Waals surface area contributed by atoms with Gasteiger partial charge in [-0.3, -0.25) is 14.4 Å². The molecule has 80 heavy (non-hydrogen) atoms. The number of unbranched alkanes of at least 4 members (excludes halogenated alkanes) is 17. The molecule has 0 rings (SSSR count). The van der Waals surface area contributed by atoms with Gasteiger partial charge in [-0.15, -0.1) is 0 Å². The fraction of sp³-hybridized carbons (Fsp3) is 0.581. The van der Waals surface area contributed by atoms with Crippen LogP contribution in [0.5, 0.6) is 0 Å². The summed E-state index contributed by atoms with van der Waals surface area (Å²) in [6, 6.07) is 0. The Hall–Kier alpha value is -5.23. The topological polar surface area (TPSA) is 78.9 Å². The van der Waals surface area contributed by atoms with Crippen LogP contribution in [-0.4, -0.2) is 37.2 Å². The van der Waals surface area contributed by atoms with Gasteiger partial charge in [0.1, 0.15) is 13.2 Å². The number of hydrogen-bond donors (Lipinski definition) is 0. The zero-order chi connectivity index (χ0) is 57.8. The molecule has 0 amide bonds. The molecule has 0 radical (unpaired) electrons. The molecule has 0 aromatic rings. The molecule has 1 atom stereocenters. The standard InChI is InChI=1S/C74H116O6/c1-4-7-10-13-16-19-22-25-28-30-31-32-33-34-35-36-37-38-39-40-41-42-43-44-47-49-52-55-58-61-64-67-73(76)79-70-71(69-78-72(75)66-63-60-57-54-51-48-45-27-24-21-18-15-12-9-6-3)80-74(77)68-65-62-59-56-53-50-46-29-26-23-20-17-14-11-8-5-2/h7,9-10,12,16,18-19,21,25,27-29,31-32,34-35,37-38,40-41,43-46,49,51-52,54,71H,4-6,8,11,13-15,17,20,22-24,26,30,33,36,39,42,47-48,50,53,55-70H2,1-3H3/b10-7-,12-9-,19-16-,21-18-,28-25-,32-31-,35-34-,38-37-,41-40-,44-43-,45-27-,46-29-,52-49-,54-51-. The quantitative estimate of drug-likeness (QED) is 0.0261. The lowest BCUT2D eigenvalue weighted by molar-refractivity contribution is -0.167. The van der Waals surface area contributed by atoms with Crippen molar-refractivity contribution in [3.8, 4) is 0 Å². The Labute approximate surface area is 492 Å². The van der Waals surface area contributed by atoms with Crippen LogP contribution in [-0.2, 0) is 28.6 Å². The summed E-state index contributed by atoms with van der Waals surface area (Å²) in [5.41, 5.74) is 0. The summed E-state index contributed by atoms with van der Waals surface area (Å²) in [5.74, 6) is -1.00. The van der Waals surface area contributed by atoms with Crippen LogP contribution < -0.4 is 0 Å². The Kier molecular flexibility index (Phi) is 61.9. The van der Waals surface area contributed by atoms with Gasteiger partial charge in [-0.2, -0.15) is 0 Å². The average molecular weight is 1100 g/mol. The highest BCUT2D eigenvalue weighted by atomic mass is 16.6. The molecule has 0 saturated heterocycles. The van der Waals surface area contributed by atoms with E-state index in [1.165, 1.54) is 57.8 Å². The van der Waals surface area contributed by atoms with Crippen molar-refractivity contribution in [2.24, 2.45) is 0 Å². The van der Waals surface area contributed by atoms with Gasteiger partial charge in [-0.05, 0) is 154 Å². The SMILES string of the molecule is CC/C=C\C/C=C\C/C=C\C/C=C\C/C=C\C/C=C\C/C=C\C/C=C\C/C=C\CCCCCC(=O)OCC(COC(=O)CCCC/C=C\C/C=C\C/C=C\C/C=C\CC)OC(=O)CCCCCCC/C=C\CCCCCCCCC. The second kappa shape index (κ2) is 66.3. The molecule has 0 N–H and O–H groups in total. The van der Waals surface area contributed by atoms with Crippen LogP contribution in [0.3, 0.4) is 0 Å². The lowest BCUT2D eigenvalue weighted by atomic mass is 10.1. The van der Waals surface area contributed by atoms with Crippen LogP contribution in [0.25, 0.3) is 0 Å². The molecule has 6 heteroatoms. The van der Waals surface area contributed by atoms with Crippen LogP contribution in [0.15, 0.2) is 170 Å². The summed E-state index contributed by atoms with van der Waals surface area (Å²) >= 11 is 0. The van der Waals surface area contributed by atoms with Gasteiger partial charge in [-0.25, -0.2) is 0 Å². The van der Waals surface area contributed by atoms with E-state index in [-0.39, 0.29) is 31.1 Å². The lowest BCUT2D eigenvalue weighted by Crippen LogP contribution is -2.30. The maximum Gasteiger partial charge on any atom is 0.306 e. The zero-order valence-electron chi connectivity index (χ0n) is 51.3. The molecule has 0 fully saturated rings. The van der Waals surface area contributed by atoms with Gasteiger partial charge in [0.25, 0.3) is 0 Å². The largest absolute Gasteiger partial charge is 0.462 e. The molecular formula is C74H116O6. The van der Waals surface area contributed by atoms with E-state index in [9.17, 15) is 14.4 Å². The summed E-state index contributed by atoms with van der Waals surface area (Å²) in [6.07, 6.45) is 97.9. The number of hydrogen-bond acceptors (Lipinski definition) is 6. The van der Waals surface area contributed by atoms with Crippen LogP contribution in [0, 0.1) is 0 Å². The Morgan fingerprint density at radius 3 is 0.812 bits per heavy atom. The van der Waals surface area contributed by atoms with Gasteiger partial charge in [0.2, 0.25) is 0 Å². The van der Waals surface area contributed by atoms with Gasteiger partial charge >= 0.3 is 17.9 Å². The first kappa shape index (κ1) is 74.8.